The van der Waals surface area contributed by atoms with E-state index in [2.05, 4.69) is 9.99 Å². The second-order valence-electron chi connectivity index (χ2n) is 1.97. The molecule has 0 fully saturated rings. The molecule has 0 spiro atoms. The van der Waals surface area contributed by atoms with Gasteiger partial charge in [-0.2, -0.15) is 0 Å². The zero-order chi connectivity index (χ0) is 8.10. The maximum absolute atomic E-state index is 12.5. The van der Waals surface area contributed by atoms with Crippen molar-refractivity contribution < 1.29 is 9.23 Å². The molecule has 0 saturated heterocycles. The van der Waals surface area contributed by atoms with Crippen LogP contribution in [0.1, 0.15) is 5.56 Å². The van der Waals surface area contributed by atoms with Crippen LogP contribution in [0.25, 0.3) is 0 Å². The quantitative estimate of drug-likeness (QED) is 0.469. The monoisotopic (exact) mass is 153 g/mol. The summed E-state index contributed by atoms with van der Waals surface area (Å²) in [5, 5.41) is 3.49. The van der Waals surface area contributed by atoms with Crippen molar-refractivity contribution in [2.75, 3.05) is 7.11 Å². The molecular weight excluding hydrogens is 145 g/mol. The van der Waals surface area contributed by atoms with Crippen molar-refractivity contribution >= 4 is 6.21 Å². The van der Waals surface area contributed by atoms with E-state index in [4.69, 9.17) is 0 Å². The number of hydrogen-bond acceptors (Lipinski definition) is 2. The smallest absolute Gasteiger partial charge is 0.123 e. The first kappa shape index (κ1) is 7.72. The Morgan fingerprint density at radius 2 is 2.36 bits per heavy atom. The fraction of sp³-hybridized carbons (Fsp3) is 0.125. The van der Waals surface area contributed by atoms with Crippen LogP contribution in [-0.4, -0.2) is 13.3 Å². The van der Waals surface area contributed by atoms with Gasteiger partial charge in [-0.15, -0.1) is 0 Å². The molecule has 0 N–H and O–H groups in total. The summed E-state index contributed by atoms with van der Waals surface area (Å²) in [6.45, 7) is 0. The molecule has 58 valence electrons. The van der Waals surface area contributed by atoms with E-state index >= 15 is 0 Å². The topological polar surface area (TPSA) is 21.6 Å². The Hall–Kier alpha value is -1.38. The number of oxime groups is 1. The SMILES string of the molecule is CON=Cc1cccc(F)c1. The van der Waals surface area contributed by atoms with E-state index in [1.165, 1.54) is 25.5 Å². The van der Waals surface area contributed by atoms with Crippen molar-refractivity contribution in [1.82, 2.24) is 0 Å². The molecule has 0 heterocycles. The normalized spacial score (nSPS) is 10.4. The van der Waals surface area contributed by atoms with Gasteiger partial charge in [-0.3, -0.25) is 0 Å². The van der Waals surface area contributed by atoms with E-state index in [9.17, 15) is 4.39 Å². The van der Waals surface area contributed by atoms with Crippen LogP contribution in [-0.2, 0) is 4.84 Å². The average molecular weight is 153 g/mol. The van der Waals surface area contributed by atoms with Gasteiger partial charge in [0.25, 0.3) is 0 Å². The number of rotatable bonds is 2. The summed E-state index contributed by atoms with van der Waals surface area (Å²) in [7, 11) is 1.44. The van der Waals surface area contributed by atoms with Crippen LogP contribution in [0.5, 0.6) is 0 Å². The molecule has 0 aliphatic heterocycles. The summed E-state index contributed by atoms with van der Waals surface area (Å²) in [4.78, 5) is 4.43. The minimum Gasteiger partial charge on any atom is -0.399 e. The highest BCUT2D eigenvalue weighted by molar-refractivity contribution is 5.78. The fourth-order valence-corrected chi connectivity index (χ4v) is 0.700. The molecule has 1 rings (SSSR count). The maximum Gasteiger partial charge on any atom is 0.123 e. The Morgan fingerprint density at radius 3 is 3.00 bits per heavy atom. The summed E-state index contributed by atoms with van der Waals surface area (Å²) in [5.41, 5.74) is 0.687. The van der Waals surface area contributed by atoms with E-state index in [0.29, 0.717) is 5.56 Å². The first-order valence-corrected chi connectivity index (χ1v) is 3.15. The van der Waals surface area contributed by atoms with E-state index in [0.717, 1.165) is 0 Å². The van der Waals surface area contributed by atoms with Gasteiger partial charge in [0, 0.05) is 0 Å². The zero-order valence-corrected chi connectivity index (χ0v) is 6.12. The van der Waals surface area contributed by atoms with Crippen molar-refractivity contribution in [3.63, 3.8) is 0 Å². The lowest BCUT2D eigenvalue weighted by Gasteiger charge is -1.90. The number of halogens is 1. The zero-order valence-electron chi connectivity index (χ0n) is 6.12. The number of benzene rings is 1. The highest BCUT2D eigenvalue weighted by Gasteiger charge is 1.89. The van der Waals surface area contributed by atoms with E-state index < -0.39 is 0 Å². The Bertz CT molecular complexity index is 260. The molecule has 0 amide bonds. The predicted octanol–water partition coefficient (Wildman–Crippen LogP) is 1.81. The van der Waals surface area contributed by atoms with Crippen LogP contribution >= 0.6 is 0 Å². The summed E-state index contributed by atoms with van der Waals surface area (Å²) in [6, 6.07) is 6.12. The fourth-order valence-electron chi connectivity index (χ4n) is 0.700. The van der Waals surface area contributed by atoms with Crippen molar-refractivity contribution in [2.24, 2.45) is 5.16 Å². The number of hydrogen-bond donors (Lipinski definition) is 0. The van der Waals surface area contributed by atoms with Crippen molar-refractivity contribution in [1.29, 1.82) is 0 Å². The molecule has 3 heteroatoms. The average Bonchev–Trinajstić information content (AvgIpc) is 2.01. The molecule has 2 nitrogen and oxygen atoms in total. The highest BCUT2D eigenvalue weighted by atomic mass is 19.1. The molecule has 0 aliphatic rings. The van der Waals surface area contributed by atoms with Crippen LogP contribution in [0.4, 0.5) is 4.39 Å². The van der Waals surface area contributed by atoms with Gasteiger partial charge in [0.1, 0.15) is 12.9 Å². The minimum atomic E-state index is -0.273. The third kappa shape index (κ3) is 2.37. The Labute approximate surface area is 64.3 Å². The van der Waals surface area contributed by atoms with Gasteiger partial charge >= 0.3 is 0 Å². The molecule has 0 aromatic heterocycles. The third-order valence-electron chi connectivity index (χ3n) is 1.16. The molecule has 0 radical (unpaired) electrons. The van der Waals surface area contributed by atoms with Gasteiger partial charge in [0.2, 0.25) is 0 Å². The van der Waals surface area contributed by atoms with Gasteiger partial charge in [0.15, 0.2) is 0 Å². The van der Waals surface area contributed by atoms with Crippen molar-refractivity contribution in [3.05, 3.63) is 35.6 Å². The minimum absolute atomic E-state index is 0.273. The third-order valence-corrected chi connectivity index (χ3v) is 1.16. The molecule has 0 saturated carbocycles. The summed E-state index contributed by atoms with van der Waals surface area (Å²) < 4.78 is 12.5. The second kappa shape index (κ2) is 3.71. The summed E-state index contributed by atoms with van der Waals surface area (Å²) in [6.07, 6.45) is 1.45. The molecule has 0 bridgehead atoms. The van der Waals surface area contributed by atoms with E-state index in [1.807, 2.05) is 0 Å². The lowest BCUT2D eigenvalue weighted by Crippen LogP contribution is -1.82. The lowest BCUT2D eigenvalue weighted by atomic mass is 10.2. The first-order valence-electron chi connectivity index (χ1n) is 3.15. The largest absolute Gasteiger partial charge is 0.399 e. The standard InChI is InChI=1S/C8H8FNO/c1-11-10-6-7-3-2-4-8(9)5-7/h2-6H,1H3. The van der Waals surface area contributed by atoms with Gasteiger partial charge in [-0.25, -0.2) is 4.39 Å². The Morgan fingerprint density at radius 1 is 1.55 bits per heavy atom. The van der Waals surface area contributed by atoms with Gasteiger partial charge < -0.3 is 4.84 Å². The molecule has 0 aliphatic carbocycles. The van der Waals surface area contributed by atoms with E-state index in [1.54, 1.807) is 12.1 Å². The van der Waals surface area contributed by atoms with Crippen molar-refractivity contribution in [2.45, 2.75) is 0 Å². The van der Waals surface area contributed by atoms with Gasteiger partial charge in [-0.05, 0) is 17.7 Å². The summed E-state index contributed by atoms with van der Waals surface area (Å²) in [5.74, 6) is -0.273. The van der Waals surface area contributed by atoms with Gasteiger partial charge in [-0.1, -0.05) is 17.3 Å². The lowest BCUT2D eigenvalue weighted by molar-refractivity contribution is 0.215. The van der Waals surface area contributed by atoms with Crippen LogP contribution < -0.4 is 0 Å². The van der Waals surface area contributed by atoms with Crippen LogP contribution in [0.3, 0.4) is 0 Å². The van der Waals surface area contributed by atoms with Crippen LogP contribution in [0.15, 0.2) is 29.4 Å². The Balaban J connectivity index is 2.79. The number of nitrogens with zero attached hydrogens (tertiary/aromatic N) is 1. The molecular formula is C8H8FNO. The maximum atomic E-state index is 12.5. The molecule has 1 aromatic carbocycles. The second-order valence-corrected chi connectivity index (χ2v) is 1.97. The molecule has 1 aromatic rings. The van der Waals surface area contributed by atoms with E-state index in [-0.39, 0.29) is 5.82 Å². The summed E-state index contributed by atoms with van der Waals surface area (Å²) >= 11 is 0. The predicted molar refractivity (Wildman–Crippen MR) is 41.0 cm³/mol. The van der Waals surface area contributed by atoms with Crippen molar-refractivity contribution in [3.8, 4) is 0 Å². The van der Waals surface area contributed by atoms with Gasteiger partial charge in [0.05, 0.1) is 6.21 Å². The molecule has 11 heavy (non-hydrogen) atoms. The van der Waals surface area contributed by atoms with Crippen LogP contribution in [0.2, 0.25) is 0 Å². The molecule has 0 unspecified atom stereocenters. The first-order chi connectivity index (χ1) is 5.33. The van der Waals surface area contributed by atoms with Crippen LogP contribution in [0, 0.1) is 5.82 Å². The highest BCUT2D eigenvalue weighted by Crippen LogP contribution is 2.00. The molecule has 0 atom stereocenters. The Kier molecular flexibility index (Phi) is 2.60.